The highest BCUT2D eigenvalue weighted by Gasteiger charge is 2.35. The molecule has 43 heavy (non-hydrogen) atoms. The molecule has 0 amide bonds. The van der Waals surface area contributed by atoms with Crippen LogP contribution in [0.2, 0.25) is 10.0 Å². The number of carbonyl (C=O) groups is 1. The van der Waals surface area contributed by atoms with E-state index in [1.165, 1.54) is 22.7 Å². The normalized spacial score (nSPS) is 14.8. The predicted octanol–water partition coefficient (Wildman–Crippen LogP) is 6.88. The van der Waals surface area contributed by atoms with Crippen molar-refractivity contribution in [2.45, 2.75) is 19.6 Å². The molecule has 0 N–H and O–H groups in total. The van der Waals surface area contributed by atoms with Crippen LogP contribution in [0.5, 0.6) is 5.75 Å². The summed E-state index contributed by atoms with van der Waals surface area (Å²) in [6.07, 6.45) is 1.75. The van der Waals surface area contributed by atoms with Crippen molar-refractivity contribution in [1.29, 1.82) is 0 Å². The lowest BCUT2D eigenvalue weighted by Crippen LogP contribution is -2.39. The molecule has 1 aliphatic heterocycles. The maximum atomic E-state index is 14.1. The lowest BCUT2D eigenvalue weighted by Gasteiger charge is -2.24. The minimum absolute atomic E-state index is 0.193. The van der Waals surface area contributed by atoms with Gasteiger partial charge in [-0.25, -0.2) is 9.79 Å². The average molecular weight is 648 g/mol. The Bertz CT molecular complexity index is 2020. The Labute approximate surface area is 265 Å². The van der Waals surface area contributed by atoms with Crippen LogP contribution in [-0.4, -0.2) is 17.1 Å². The van der Waals surface area contributed by atoms with E-state index >= 15 is 0 Å². The average Bonchev–Trinajstić information content (AvgIpc) is 3.65. The molecule has 0 radical (unpaired) electrons. The minimum atomic E-state index is -0.703. The Kier molecular flexibility index (Phi) is 8.63. The van der Waals surface area contributed by atoms with Gasteiger partial charge in [-0.3, -0.25) is 9.36 Å². The number of thiazole rings is 1. The molecular formula is C33H24Cl2N2O4S2. The number of hydrogen-bond donors (Lipinski definition) is 0. The lowest BCUT2D eigenvalue weighted by atomic mass is 9.97. The molecular weight excluding hydrogens is 623 g/mol. The summed E-state index contributed by atoms with van der Waals surface area (Å²) in [5.41, 5.74) is 2.83. The number of benzene rings is 3. The third kappa shape index (κ3) is 6.10. The van der Waals surface area contributed by atoms with Gasteiger partial charge in [-0.1, -0.05) is 83.1 Å². The van der Waals surface area contributed by atoms with Gasteiger partial charge >= 0.3 is 5.97 Å². The molecule has 3 heterocycles. The second-order valence-electron chi connectivity index (χ2n) is 9.55. The summed E-state index contributed by atoms with van der Waals surface area (Å²) in [6.45, 7) is 2.23. The molecule has 0 unspecified atom stereocenters. The van der Waals surface area contributed by atoms with Gasteiger partial charge in [0.25, 0.3) is 5.56 Å². The zero-order valence-electron chi connectivity index (χ0n) is 22.8. The van der Waals surface area contributed by atoms with Crippen LogP contribution in [0.4, 0.5) is 0 Å². The topological polar surface area (TPSA) is 69.9 Å². The van der Waals surface area contributed by atoms with Gasteiger partial charge < -0.3 is 9.47 Å². The largest absolute Gasteiger partial charge is 0.488 e. The summed E-state index contributed by atoms with van der Waals surface area (Å²) >= 11 is 15.2. The summed E-state index contributed by atoms with van der Waals surface area (Å²) in [5, 5.41) is 3.04. The molecule has 10 heteroatoms. The Morgan fingerprint density at radius 3 is 2.56 bits per heavy atom. The van der Waals surface area contributed by atoms with E-state index in [1.807, 2.05) is 66.0 Å². The Balaban J connectivity index is 1.51. The highest BCUT2D eigenvalue weighted by molar-refractivity contribution is 7.10. The first-order chi connectivity index (χ1) is 20.9. The smallest absolute Gasteiger partial charge is 0.338 e. The number of thiophene rings is 1. The Morgan fingerprint density at radius 1 is 1.00 bits per heavy atom. The molecule has 3 aromatic carbocycles. The second-order valence-corrected chi connectivity index (χ2v) is 12.4. The fraction of sp³-hybridized carbons (Fsp3) is 0.121. The van der Waals surface area contributed by atoms with Crippen molar-refractivity contribution in [2.24, 2.45) is 4.99 Å². The molecule has 0 bridgehead atoms. The number of aromatic nitrogens is 1. The summed E-state index contributed by atoms with van der Waals surface area (Å²) in [4.78, 5) is 33.8. The van der Waals surface area contributed by atoms with Crippen LogP contribution in [-0.2, 0) is 16.1 Å². The molecule has 6 rings (SSSR count). The number of carbonyl (C=O) groups excluding carboxylic acids is 1. The lowest BCUT2D eigenvalue weighted by molar-refractivity contribution is -0.138. The van der Waals surface area contributed by atoms with Gasteiger partial charge in [0.2, 0.25) is 0 Å². The molecule has 216 valence electrons. The van der Waals surface area contributed by atoms with Gasteiger partial charge in [-0.05, 0) is 60.3 Å². The molecule has 0 aliphatic carbocycles. The van der Waals surface area contributed by atoms with E-state index in [4.69, 9.17) is 37.7 Å². The van der Waals surface area contributed by atoms with Crippen LogP contribution in [0.15, 0.2) is 106 Å². The third-order valence-electron chi connectivity index (χ3n) is 6.73. The first-order valence-electron chi connectivity index (χ1n) is 13.4. The molecule has 0 saturated carbocycles. The summed E-state index contributed by atoms with van der Waals surface area (Å²) < 4.78 is 13.6. The van der Waals surface area contributed by atoms with Crippen LogP contribution in [0.1, 0.15) is 34.5 Å². The van der Waals surface area contributed by atoms with Crippen molar-refractivity contribution in [3.8, 4) is 5.75 Å². The van der Waals surface area contributed by atoms with Crippen LogP contribution in [0.25, 0.3) is 11.8 Å². The van der Waals surface area contributed by atoms with Crippen molar-refractivity contribution in [2.75, 3.05) is 6.61 Å². The number of halogens is 2. The zero-order chi connectivity index (χ0) is 29.9. The van der Waals surface area contributed by atoms with Crippen molar-refractivity contribution in [3.63, 3.8) is 0 Å². The maximum absolute atomic E-state index is 14.1. The van der Waals surface area contributed by atoms with E-state index in [0.29, 0.717) is 42.0 Å². The van der Waals surface area contributed by atoms with Crippen molar-refractivity contribution >= 4 is 63.6 Å². The summed E-state index contributed by atoms with van der Waals surface area (Å²) in [5.74, 6) is 0.0477. The van der Waals surface area contributed by atoms with Gasteiger partial charge in [-0.2, -0.15) is 0 Å². The number of ether oxygens (including phenoxy) is 2. The van der Waals surface area contributed by atoms with Gasteiger partial charge in [0.1, 0.15) is 18.4 Å². The summed E-state index contributed by atoms with van der Waals surface area (Å²) in [7, 11) is 0. The van der Waals surface area contributed by atoms with Gasteiger partial charge in [0.15, 0.2) is 4.80 Å². The minimum Gasteiger partial charge on any atom is -0.488 e. The van der Waals surface area contributed by atoms with Crippen molar-refractivity contribution in [3.05, 3.63) is 147 Å². The van der Waals surface area contributed by atoms with E-state index < -0.39 is 12.0 Å². The number of nitrogens with zero attached hydrogens (tertiary/aromatic N) is 2. The molecule has 5 aromatic rings. The predicted molar refractivity (Wildman–Crippen MR) is 173 cm³/mol. The highest BCUT2D eigenvalue weighted by Crippen LogP contribution is 2.37. The zero-order valence-corrected chi connectivity index (χ0v) is 26.0. The van der Waals surface area contributed by atoms with E-state index in [9.17, 15) is 9.59 Å². The van der Waals surface area contributed by atoms with E-state index in [-0.39, 0.29) is 18.8 Å². The molecule has 2 aromatic heterocycles. The number of fused-ring (bicyclic) bond motifs is 1. The number of rotatable bonds is 8. The Morgan fingerprint density at radius 2 is 1.81 bits per heavy atom. The van der Waals surface area contributed by atoms with Crippen LogP contribution < -0.4 is 19.6 Å². The fourth-order valence-corrected chi connectivity index (χ4v) is 7.06. The molecule has 0 saturated heterocycles. The molecule has 0 spiro atoms. The van der Waals surface area contributed by atoms with Crippen molar-refractivity contribution in [1.82, 2.24) is 4.57 Å². The van der Waals surface area contributed by atoms with Crippen LogP contribution in [0, 0.1) is 0 Å². The maximum Gasteiger partial charge on any atom is 0.338 e. The number of esters is 1. The van der Waals surface area contributed by atoms with E-state index in [2.05, 4.69) is 0 Å². The number of hydrogen-bond acceptors (Lipinski definition) is 7. The van der Waals surface area contributed by atoms with Crippen molar-refractivity contribution < 1.29 is 14.3 Å². The van der Waals surface area contributed by atoms with Crippen LogP contribution >= 0.6 is 45.9 Å². The van der Waals surface area contributed by atoms with E-state index in [1.54, 1.807) is 41.8 Å². The third-order valence-corrected chi connectivity index (χ3v) is 9.11. The first kappa shape index (κ1) is 29.1. The SMILES string of the molecule is CCOC(=O)C1=C(c2ccccc2)N=c2s/c(=C\c3cc(Cl)ccc3OCc3cccc(Cl)c3)c(=O)n2[C@H]1c1cccs1. The van der Waals surface area contributed by atoms with Crippen LogP contribution in [0.3, 0.4) is 0 Å². The summed E-state index contributed by atoms with van der Waals surface area (Å²) in [6, 6.07) is 25.3. The second kappa shape index (κ2) is 12.7. The van der Waals surface area contributed by atoms with Gasteiger partial charge in [0, 0.05) is 26.0 Å². The quantitative estimate of drug-likeness (QED) is 0.172. The molecule has 6 nitrogen and oxygen atoms in total. The van der Waals surface area contributed by atoms with E-state index in [0.717, 1.165) is 16.0 Å². The first-order valence-corrected chi connectivity index (χ1v) is 15.9. The van der Waals surface area contributed by atoms with Gasteiger partial charge in [0.05, 0.1) is 22.4 Å². The monoisotopic (exact) mass is 646 g/mol. The Hall–Kier alpha value is -3.95. The fourth-order valence-electron chi connectivity index (χ4n) is 4.85. The van der Waals surface area contributed by atoms with Gasteiger partial charge in [-0.15, -0.1) is 11.3 Å². The molecule has 0 fully saturated rings. The standard InChI is InChI=1S/C33H24Cl2N2O4S2/c1-2-40-32(39)28-29(21-9-4-3-5-10-21)36-33-37(30(28)26-12-7-15-42-26)31(38)27(43-33)18-22-17-24(35)13-14-25(22)41-19-20-8-6-11-23(34)16-20/h3-18,30H,2,19H2,1H3/b27-18-/t30-/m0/s1. The molecule has 1 aliphatic rings. The molecule has 1 atom stereocenters. The highest BCUT2D eigenvalue weighted by atomic mass is 35.5.